The quantitative estimate of drug-likeness (QED) is 0.416. The highest BCUT2D eigenvalue weighted by Gasteiger charge is 2.24. The van der Waals surface area contributed by atoms with Crippen LogP contribution in [0.15, 0.2) is 84.9 Å². The largest absolute Gasteiger partial charge is 0.497 e. The number of hydrogen-bond acceptors (Lipinski definition) is 4. The molecule has 1 N–H and O–H groups in total. The number of methoxy groups -OCH3 is 1. The van der Waals surface area contributed by atoms with E-state index in [9.17, 15) is 9.59 Å². The van der Waals surface area contributed by atoms with Crippen LogP contribution >= 0.6 is 11.6 Å². The van der Waals surface area contributed by atoms with E-state index in [4.69, 9.17) is 21.1 Å². The van der Waals surface area contributed by atoms with E-state index in [2.05, 4.69) is 5.32 Å². The second-order valence-electron chi connectivity index (χ2n) is 6.33. The van der Waals surface area contributed by atoms with Gasteiger partial charge in [0.15, 0.2) is 0 Å². The number of nitrogens with one attached hydrogen (secondary N) is 1. The van der Waals surface area contributed by atoms with Gasteiger partial charge in [-0.3, -0.25) is 4.79 Å². The van der Waals surface area contributed by atoms with Crippen molar-refractivity contribution >= 4 is 35.2 Å². The second kappa shape index (κ2) is 10.3. The molecule has 3 aromatic carbocycles. The number of carbonyl (C=O) groups is 2. The van der Waals surface area contributed by atoms with E-state index in [1.165, 1.54) is 6.08 Å². The lowest BCUT2D eigenvalue weighted by Gasteiger charge is -2.17. The van der Waals surface area contributed by atoms with E-state index in [1.807, 2.05) is 6.07 Å². The number of halogens is 1. The summed E-state index contributed by atoms with van der Waals surface area (Å²) >= 11 is 5.86. The first-order valence-electron chi connectivity index (χ1n) is 9.19. The smallest absolute Gasteiger partial charge is 0.331 e. The molecule has 0 aliphatic carbocycles. The van der Waals surface area contributed by atoms with Gasteiger partial charge in [0.2, 0.25) is 6.10 Å². The summed E-state index contributed by atoms with van der Waals surface area (Å²) in [5.41, 5.74) is 1.88. The summed E-state index contributed by atoms with van der Waals surface area (Å²) in [5.74, 6) is -0.505. The molecule has 0 heterocycles. The van der Waals surface area contributed by atoms with E-state index in [1.54, 1.807) is 86.0 Å². The van der Waals surface area contributed by atoms with Crippen molar-refractivity contribution in [2.45, 2.75) is 6.10 Å². The van der Waals surface area contributed by atoms with Gasteiger partial charge in [-0.05, 0) is 35.9 Å². The third kappa shape index (κ3) is 5.96. The molecule has 1 unspecified atom stereocenters. The number of amides is 1. The first-order chi connectivity index (χ1) is 14.5. The monoisotopic (exact) mass is 421 g/mol. The van der Waals surface area contributed by atoms with Crippen molar-refractivity contribution in [2.24, 2.45) is 0 Å². The average molecular weight is 422 g/mol. The Balaban J connectivity index is 1.76. The molecule has 0 saturated heterocycles. The molecular weight excluding hydrogens is 402 g/mol. The lowest BCUT2D eigenvalue weighted by atomic mass is 10.1. The third-order valence-electron chi connectivity index (χ3n) is 4.19. The van der Waals surface area contributed by atoms with Crippen molar-refractivity contribution in [3.8, 4) is 5.75 Å². The summed E-state index contributed by atoms with van der Waals surface area (Å²) in [6.07, 6.45) is 1.76. The molecule has 0 spiro atoms. The van der Waals surface area contributed by atoms with Crippen molar-refractivity contribution in [2.75, 3.05) is 12.4 Å². The zero-order chi connectivity index (χ0) is 21.3. The Kier molecular flexibility index (Phi) is 7.24. The van der Waals surface area contributed by atoms with Gasteiger partial charge in [-0.25, -0.2) is 4.79 Å². The number of carbonyl (C=O) groups excluding carboxylic acids is 2. The predicted octanol–water partition coefficient (Wildman–Crippen LogP) is 5.29. The maximum Gasteiger partial charge on any atom is 0.331 e. The Labute approximate surface area is 179 Å². The van der Waals surface area contributed by atoms with Gasteiger partial charge in [0.25, 0.3) is 5.91 Å². The average Bonchev–Trinajstić information content (AvgIpc) is 2.77. The first kappa shape index (κ1) is 21.1. The molecule has 30 heavy (non-hydrogen) atoms. The maximum absolute atomic E-state index is 12.9. The summed E-state index contributed by atoms with van der Waals surface area (Å²) in [5, 5.41) is 3.37. The first-order valence-corrected chi connectivity index (χ1v) is 9.57. The van der Waals surface area contributed by atoms with E-state index in [0.29, 0.717) is 22.0 Å². The Morgan fingerprint density at radius 1 is 0.967 bits per heavy atom. The van der Waals surface area contributed by atoms with Crippen molar-refractivity contribution in [1.29, 1.82) is 0 Å². The maximum atomic E-state index is 12.9. The fourth-order valence-electron chi connectivity index (χ4n) is 2.70. The summed E-state index contributed by atoms with van der Waals surface area (Å²) < 4.78 is 10.7. The number of ether oxygens (including phenoxy) is 2. The van der Waals surface area contributed by atoms with Crippen molar-refractivity contribution in [3.05, 3.63) is 101 Å². The van der Waals surface area contributed by atoms with E-state index >= 15 is 0 Å². The molecule has 0 radical (unpaired) electrons. The number of benzene rings is 3. The van der Waals surface area contributed by atoms with Crippen molar-refractivity contribution in [3.63, 3.8) is 0 Å². The SMILES string of the molecule is COc1cccc(NC(=O)C(OC(=O)C=Cc2ccc(Cl)cc2)c2ccccc2)c1. The number of anilines is 1. The molecule has 0 aliphatic rings. The van der Waals surface area contributed by atoms with E-state index < -0.39 is 18.0 Å². The summed E-state index contributed by atoms with van der Waals surface area (Å²) in [4.78, 5) is 25.3. The van der Waals surface area contributed by atoms with Crippen LogP contribution in [-0.4, -0.2) is 19.0 Å². The molecule has 1 atom stereocenters. The standard InChI is InChI=1S/C24H20ClNO4/c1-29-21-9-5-8-20(16-21)26-24(28)23(18-6-3-2-4-7-18)30-22(27)15-12-17-10-13-19(25)14-11-17/h2-16,23H,1H3,(H,26,28). The van der Waals surface area contributed by atoms with Gasteiger partial charge in [-0.2, -0.15) is 0 Å². The Hall–Kier alpha value is -3.57. The number of esters is 1. The van der Waals surface area contributed by atoms with Gasteiger partial charge >= 0.3 is 5.97 Å². The summed E-state index contributed by atoms with van der Waals surface area (Å²) in [7, 11) is 1.54. The van der Waals surface area contributed by atoms with Gasteiger partial charge in [0, 0.05) is 28.4 Å². The van der Waals surface area contributed by atoms with Crippen LogP contribution in [-0.2, 0) is 14.3 Å². The van der Waals surface area contributed by atoms with Gasteiger partial charge < -0.3 is 14.8 Å². The van der Waals surface area contributed by atoms with Gasteiger partial charge in [0.05, 0.1) is 7.11 Å². The van der Waals surface area contributed by atoms with Crippen molar-refractivity contribution in [1.82, 2.24) is 0 Å². The van der Waals surface area contributed by atoms with Crippen molar-refractivity contribution < 1.29 is 19.1 Å². The molecule has 0 aliphatic heterocycles. The minimum absolute atomic E-state index is 0.470. The highest BCUT2D eigenvalue weighted by molar-refractivity contribution is 6.30. The topological polar surface area (TPSA) is 64.6 Å². The lowest BCUT2D eigenvalue weighted by Crippen LogP contribution is -2.25. The Bertz CT molecular complexity index is 1030. The molecule has 0 fully saturated rings. The molecule has 0 bridgehead atoms. The Morgan fingerprint density at radius 2 is 1.70 bits per heavy atom. The van der Waals surface area contributed by atoms with E-state index in [0.717, 1.165) is 5.56 Å². The highest BCUT2D eigenvalue weighted by atomic mass is 35.5. The molecule has 1 amide bonds. The Morgan fingerprint density at radius 3 is 2.40 bits per heavy atom. The molecule has 6 heteroatoms. The zero-order valence-corrected chi connectivity index (χ0v) is 17.0. The van der Waals surface area contributed by atoms with Crippen LogP contribution in [0.3, 0.4) is 0 Å². The molecule has 0 saturated carbocycles. The minimum atomic E-state index is -1.11. The van der Waals surface area contributed by atoms with Crippen LogP contribution in [0.2, 0.25) is 5.02 Å². The number of rotatable bonds is 7. The second-order valence-corrected chi connectivity index (χ2v) is 6.77. The van der Waals surface area contributed by atoms with Crippen LogP contribution in [0.1, 0.15) is 17.2 Å². The number of hydrogen-bond donors (Lipinski definition) is 1. The summed E-state index contributed by atoms with van der Waals surface area (Å²) in [6, 6.07) is 22.8. The third-order valence-corrected chi connectivity index (χ3v) is 4.45. The van der Waals surface area contributed by atoms with Gasteiger partial charge in [-0.15, -0.1) is 0 Å². The fraction of sp³-hybridized carbons (Fsp3) is 0.0833. The fourth-order valence-corrected chi connectivity index (χ4v) is 2.83. The molecule has 0 aromatic heterocycles. The highest BCUT2D eigenvalue weighted by Crippen LogP contribution is 2.22. The van der Waals surface area contributed by atoms with Gasteiger partial charge in [-0.1, -0.05) is 60.1 Å². The molecule has 152 valence electrons. The van der Waals surface area contributed by atoms with Crippen LogP contribution in [0.4, 0.5) is 5.69 Å². The summed E-state index contributed by atoms with van der Waals surface area (Å²) in [6.45, 7) is 0. The normalized spacial score (nSPS) is 11.7. The lowest BCUT2D eigenvalue weighted by molar-refractivity contribution is -0.149. The molecule has 5 nitrogen and oxygen atoms in total. The predicted molar refractivity (Wildman–Crippen MR) is 117 cm³/mol. The zero-order valence-electron chi connectivity index (χ0n) is 16.2. The van der Waals surface area contributed by atoms with Gasteiger partial charge in [0.1, 0.15) is 5.75 Å². The van der Waals surface area contributed by atoms with E-state index in [-0.39, 0.29) is 0 Å². The van der Waals surface area contributed by atoms with Crippen LogP contribution in [0, 0.1) is 0 Å². The molecule has 3 aromatic rings. The minimum Gasteiger partial charge on any atom is -0.497 e. The van der Waals surface area contributed by atoms with Crippen LogP contribution in [0.25, 0.3) is 6.08 Å². The molecule has 3 rings (SSSR count). The van der Waals surface area contributed by atoms with Crippen LogP contribution in [0.5, 0.6) is 5.75 Å². The van der Waals surface area contributed by atoms with Crippen LogP contribution < -0.4 is 10.1 Å². The molecular formula is C24H20ClNO4.